The third-order valence-corrected chi connectivity index (χ3v) is 6.22. The lowest BCUT2D eigenvalue weighted by atomic mass is 10.1. The molecule has 1 N–H and O–H groups in total. The predicted octanol–water partition coefficient (Wildman–Crippen LogP) is 5.57. The van der Waals surface area contributed by atoms with Crippen LogP contribution in [0.4, 0.5) is 0 Å². The van der Waals surface area contributed by atoms with Crippen molar-refractivity contribution in [2.45, 2.75) is 13.0 Å². The van der Waals surface area contributed by atoms with Gasteiger partial charge in [0.15, 0.2) is 0 Å². The summed E-state index contributed by atoms with van der Waals surface area (Å²) in [6.45, 7) is 0.446. The van der Waals surface area contributed by atoms with Gasteiger partial charge in [0.1, 0.15) is 5.75 Å². The van der Waals surface area contributed by atoms with Gasteiger partial charge in [-0.3, -0.25) is 14.5 Å². The maximum absolute atomic E-state index is 13.5. The summed E-state index contributed by atoms with van der Waals surface area (Å²) in [4.78, 5) is 38.9. The largest absolute Gasteiger partial charge is 0.493 e. The molecule has 0 bridgehead atoms. The van der Waals surface area contributed by atoms with Gasteiger partial charge in [0, 0.05) is 22.9 Å². The van der Waals surface area contributed by atoms with Crippen LogP contribution in [-0.2, 0) is 11.3 Å². The van der Waals surface area contributed by atoms with Crippen LogP contribution in [0.1, 0.15) is 38.3 Å². The fraction of sp³-hybridized carbons (Fsp3) is 0.100. The molecule has 6 heteroatoms. The number of carboxylic acids is 1. The topological polar surface area (TPSA) is 83.9 Å². The zero-order valence-electron chi connectivity index (χ0n) is 19.4. The number of benzene rings is 4. The standard InChI is InChI=1S/C30H23NO5/c32-28(31-19-24-7-2-4-10-26(24)29(31)33)23(18-20-12-14-22(15-13-20)30(34)35)16-17-36-27-11-5-8-21-6-1-3-9-25(21)27/h1-15,18H,16-17,19H2,(H,34,35). The highest BCUT2D eigenvalue weighted by Crippen LogP contribution is 2.28. The Morgan fingerprint density at radius 2 is 1.61 bits per heavy atom. The van der Waals surface area contributed by atoms with Gasteiger partial charge in [-0.2, -0.15) is 0 Å². The first-order chi connectivity index (χ1) is 17.5. The van der Waals surface area contributed by atoms with Crippen molar-refractivity contribution in [1.82, 2.24) is 4.90 Å². The van der Waals surface area contributed by atoms with Crippen molar-refractivity contribution in [3.63, 3.8) is 0 Å². The predicted molar refractivity (Wildman–Crippen MR) is 137 cm³/mol. The van der Waals surface area contributed by atoms with E-state index in [4.69, 9.17) is 4.74 Å². The number of hydrogen-bond acceptors (Lipinski definition) is 4. The third kappa shape index (κ3) is 4.61. The van der Waals surface area contributed by atoms with Crippen LogP contribution in [0.2, 0.25) is 0 Å². The van der Waals surface area contributed by atoms with Crippen molar-refractivity contribution in [2.24, 2.45) is 0 Å². The van der Waals surface area contributed by atoms with Crippen molar-refractivity contribution in [1.29, 1.82) is 0 Å². The molecule has 4 aromatic rings. The normalized spacial score (nSPS) is 13.1. The van der Waals surface area contributed by atoms with Crippen molar-refractivity contribution in [3.05, 3.63) is 119 Å². The van der Waals surface area contributed by atoms with Crippen LogP contribution in [0.3, 0.4) is 0 Å². The second kappa shape index (κ2) is 9.88. The van der Waals surface area contributed by atoms with Crippen LogP contribution in [0, 0.1) is 0 Å². The van der Waals surface area contributed by atoms with Crippen LogP contribution in [0.25, 0.3) is 16.8 Å². The molecule has 0 aromatic heterocycles. The number of ether oxygens (including phenoxy) is 1. The fourth-order valence-corrected chi connectivity index (χ4v) is 4.35. The van der Waals surface area contributed by atoms with Gasteiger partial charge in [0.25, 0.3) is 11.8 Å². The molecule has 5 rings (SSSR count). The summed E-state index contributed by atoms with van der Waals surface area (Å²) in [5.41, 5.74) is 2.57. The Kier molecular flexibility index (Phi) is 6.33. The van der Waals surface area contributed by atoms with Gasteiger partial charge < -0.3 is 9.84 Å². The minimum absolute atomic E-state index is 0.157. The molecule has 36 heavy (non-hydrogen) atoms. The number of nitrogens with zero attached hydrogens (tertiary/aromatic N) is 1. The molecule has 2 amide bonds. The SMILES string of the molecule is O=C(O)c1ccc(C=C(CCOc2cccc3ccccc23)C(=O)N2Cc3ccccc3C2=O)cc1. The molecule has 0 spiro atoms. The molecule has 178 valence electrons. The number of hydrogen-bond donors (Lipinski definition) is 1. The quantitative estimate of drug-likeness (QED) is 0.352. The van der Waals surface area contributed by atoms with Crippen molar-refractivity contribution in [2.75, 3.05) is 6.61 Å². The van der Waals surface area contributed by atoms with Crippen LogP contribution in [0.15, 0.2) is 96.6 Å². The number of carbonyl (C=O) groups excluding carboxylic acids is 2. The molecule has 0 saturated carbocycles. The molecular formula is C30H23NO5. The summed E-state index contributed by atoms with van der Waals surface area (Å²) < 4.78 is 6.07. The summed E-state index contributed by atoms with van der Waals surface area (Å²) in [5, 5.41) is 11.2. The molecular weight excluding hydrogens is 454 g/mol. The molecule has 6 nitrogen and oxygen atoms in total. The van der Waals surface area contributed by atoms with Crippen LogP contribution in [-0.4, -0.2) is 34.4 Å². The molecule has 1 aliphatic rings. The van der Waals surface area contributed by atoms with E-state index in [0.717, 1.165) is 22.1 Å². The van der Waals surface area contributed by atoms with Gasteiger partial charge >= 0.3 is 5.97 Å². The van der Waals surface area contributed by atoms with Crippen LogP contribution >= 0.6 is 0 Å². The van der Waals surface area contributed by atoms with E-state index in [0.29, 0.717) is 16.7 Å². The fourth-order valence-electron chi connectivity index (χ4n) is 4.35. The molecule has 0 unspecified atom stereocenters. The second-order valence-electron chi connectivity index (χ2n) is 8.53. The van der Waals surface area contributed by atoms with E-state index in [1.54, 1.807) is 30.3 Å². The number of carbonyl (C=O) groups is 3. The first-order valence-corrected chi connectivity index (χ1v) is 11.6. The molecule has 4 aromatic carbocycles. The number of imide groups is 1. The minimum atomic E-state index is -1.02. The second-order valence-corrected chi connectivity index (χ2v) is 8.53. The van der Waals surface area contributed by atoms with Crippen molar-refractivity contribution in [3.8, 4) is 5.75 Å². The van der Waals surface area contributed by atoms with E-state index in [1.165, 1.54) is 17.0 Å². The van der Waals surface area contributed by atoms with Gasteiger partial charge in [-0.1, -0.05) is 66.7 Å². The van der Waals surface area contributed by atoms with E-state index >= 15 is 0 Å². The number of fused-ring (bicyclic) bond motifs is 2. The Bertz CT molecular complexity index is 1500. The lowest BCUT2D eigenvalue weighted by Gasteiger charge is -2.17. The minimum Gasteiger partial charge on any atom is -0.493 e. The average molecular weight is 478 g/mol. The Balaban J connectivity index is 1.40. The van der Waals surface area contributed by atoms with E-state index in [-0.39, 0.29) is 37.0 Å². The first kappa shape index (κ1) is 23.1. The molecule has 0 fully saturated rings. The molecule has 0 atom stereocenters. The highest BCUT2D eigenvalue weighted by Gasteiger charge is 2.33. The molecule has 0 aliphatic carbocycles. The number of rotatable bonds is 7. The smallest absolute Gasteiger partial charge is 0.335 e. The van der Waals surface area contributed by atoms with Crippen LogP contribution < -0.4 is 4.74 Å². The van der Waals surface area contributed by atoms with E-state index in [9.17, 15) is 19.5 Å². The Hall–Kier alpha value is -4.71. The maximum Gasteiger partial charge on any atom is 0.335 e. The summed E-state index contributed by atoms with van der Waals surface area (Å²) >= 11 is 0. The van der Waals surface area contributed by atoms with Gasteiger partial charge in [-0.25, -0.2) is 4.79 Å². The Morgan fingerprint density at radius 3 is 2.39 bits per heavy atom. The summed E-state index contributed by atoms with van der Waals surface area (Å²) in [7, 11) is 0. The number of carboxylic acid groups (broad SMARTS) is 1. The molecule has 0 saturated heterocycles. The average Bonchev–Trinajstić information content (AvgIpc) is 3.24. The van der Waals surface area contributed by atoms with Gasteiger partial charge in [-0.05, 0) is 46.9 Å². The van der Waals surface area contributed by atoms with Gasteiger partial charge in [0.05, 0.1) is 18.7 Å². The summed E-state index contributed by atoms with van der Waals surface area (Å²) in [5.74, 6) is -1.01. The Morgan fingerprint density at radius 1 is 0.889 bits per heavy atom. The Labute approximate surface area is 208 Å². The van der Waals surface area contributed by atoms with E-state index < -0.39 is 5.97 Å². The highest BCUT2D eigenvalue weighted by atomic mass is 16.5. The molecule has 1 aliphatic heterocycles. The lowest BCUT2D eigenvalue weighted by molar-refractivity contribution is -0.125. The first-order valence-electron chi connectivity index (χ1n) is 11.6. The van der Waals surface area contributed by atoms with Crippen molar-refractivity contribution < 1.29 is 24.2 Å². The zero-order chi connectivity index (χ0) is 25.1. The lowest BCUT2D eigenvalue weighted by Crippen LogP contribution is -2.32. The van der Waals surface area contributed by atoms with Gasteiger partial charge in [0.2, 0.25) is 0 Å². The van der Waals surface area contributed by atoms with Gasteiger partial charge in [-0.15, -0.1) is 0 Å². The third-order valence-electron chi connectivity index (χ3n) is 6.22. The zero-order valence-corrected chi connectivity index (χ0v) is 19.4. The summed E-state index contributed by atoms with van der Waals surface area (Å²) in [6, 6.07) is 27.2. The van der Waals surface area contributed by atoms with Crippen LogP contribution in [0.5, 0.6) is 5.75 Å². The molecule has 0 radical (unpaired) electrons. The molecule has 1 heterocycles. The van der Waals surface area contributed by atoms with Crippen molar-refractivity contribution >= 4 is 34.6 Å². The highest BCUT2D eigenvalue weighted by molar-refractivity contribution is 6.13. The number of aromatic carboxylic acids is 1. The van der Waals surface area contributed by atoms with E-state index in [1.807, 2.05) is 54.6 Å². The number of amides is 2. The van der Waals surface area contributed by atoms with E-state index in [2.05, 4.69) is 0 Å². The summed E-state index contributed by atoms with van der Waals surface area (Å²) in [6.07, 6.45) is 1.96. The maximum atomic E-state index is 13.5. The monoisotopic (exact) mass is 477 g/mol.